The number of rotatable bonds is 4. The lowest BCUT2D eigenvalue weighted by molar-refractivity contribution is 0.0660. The first kappa shape index (κ1) is 16.6. The zero-order chi connectivity index (χ0) is 17.4. The van der Waals surface area contributed by atoms with Crippen LogP contribution in [0.3, 0.4) is 0 Å². The van der Waals surface area contributed by atoms with Crippen molar-refractivity contribution in [3.8, 4) is 0 Å². The van der Waals surface area contributed by atoms with E-state index in [1.807, 2.05) is 42.4 Å². The van der Waals surface area contributed by atoms with E-state index in [1.165, 1.54) is 24.2 Å². The van der Waals surface area contributed by atoms with Crippen molar-refractivity contribution in [3.63, 3.8) is 0 Å². The van der Waals surface area contributed by atoms with Gasteiger partial charge in [-0.25, -0.2) is 4.98 Å². The van der Waals surface area contributed by atoms with Crippen molar-refractivity contribution in [2.75, 3.05) is 0 Å². The molecule has 0 bridgehead atoms. The zero-order valence-corrected chi connectivity index (χ0v) is 15.7. The van der Waals surface area contributed by atoms with Gasteiger partial charge in [0.2, 0.25) is 0 Å². The summed E-state index contributed by atoms with van der Waals surface area (Å²) in [7, 11) is 2.02. The molecule has 1 fully saturated rings. The summed E-state index contributed by atoms with van der Waals surface area (Å²) < 4.78 is 3.60. The number of carbonyl (C=O) groups is 1. The Morgan fingerprint density at radius 3 is 2.88 bits per heavy atom. The Balaban J connectivity index is 1.66. The topological polar surface area (TPSA) is 38.1 Å². The first-order valence-corrected chi connectivity index (χ1v) is 9.78. The fourth-order valence-corrected chi connectivity index (χ4v) is 4.63. The van der Waals surface area contributed by atoms with Crippen molar-refractivity contribution in [3.05, 3.63) is 52.3 Å². The molecule has 1 aliphatic carbocycles. The Bertz CT molecular complexity index is 910. The predicted octanol–water partition coefficient (Wildman–Crippen LogP) is 4.87. The molecule has 2 heterocycles. The van der Waals surface area contributed by atoms with Crippen molar-refractivity contribution < 1.29 is 4.79 Å². The molecular weight excluding hydrogens is 354 g/mol. The summed E-state index contributed by atoms with van der Waals surface area (Å²) in [5.74, 6) is 0.0825. The van der Waals surface area contributed by atoms with Gasteiger partial charge in [-0.1, -0.05) is 24.4 Å². The summed E-state index contributed by atoms with van der Waals surface area (Å²) in [6.07, 6.45) is 6.59. The third-order valence-corrected chi connectivity index (χ3v) is 6.16. The van der Waals surface area contributed by atoms with E-state index in [9.17, 15) is 4.79 Å². The third kappa shape index (κ3) is 3.31. The van der Waals surface area contributed by atoms with Crippen molar-refractivity contribution in [1.29, 1.82) is 0 Å². The highest BCUT2D eigenvalue weighted by molar-refractivity contribution is 7.22. The second kappa shape index (κ2) is 6.81. The highest BCUT2D eigenvalue weighted by Gasteiger charge is 2.28. The third-order valence-electron chi connectivity index (χ3n) is 5.02. The van der Waals surface area contributed by atoms with Gasteiger partial charge in [-0.15, -0.1) is 11.3 Å². The molecule has 0 unspecified atom stereocenters. The Morgan fingerprint density at radius 2 is 2.16 bits per heavy atom. The minimum absolute atomic E-state index is 0.0825. The molecule has 4 nitrogen and oxygen atoms in total. The van der Waals surface area contributed by atoms with Crippen LogP contribution in [-0.4, -0.2) is 26.4 Å². The molecule has 0 N–H and O–H groups in total. The molecule has 0 radical (unpaired) electrons. The number of carbonyl (C=O) groups excluding carboxylic acids is 1. The fraction of sp³-hybridized carbons (Fsp3) is 0.368. The van der Waals surface area contributed by atoms with Gasteiger partial charge in [0.15, 0.2) is 4.47 Å². The van der Waals surface area contributed by atoms with E-state index in [2.05, 4.69) is 15.6 Å². The highest BCUT2D eigenvalue weighted by Crippen LogP contribution is 2.29. The van der Waals surface area contributed by atoms with E-state index in [0.717, 1.165) is 28.8 Å². The maximum absolute atomic E-state index is 13.3. The number of benzene rings is 1. The lowest BCUT2D eigenvalue weighted by atomic mass is 10.1. The number of amides is 1. The maximum atomic E-state index is 13.3. The standard InChI is InChI=1S/C19H20ClN3OS/c1-22-10-4-7-15(22)12-23(14-5-2-3-6-14)18(24)13-8-9-17-16(11-13)21-19(20)25-17/h4,7-11,14H,2-3,5-6,12H2,1H3. The van der Waals surface area contributed by atoms with Crippen LogP contribution in [-0.2, 0) is 13.6 Å². The predicted molar refractivity (Wildman–Crippen MR) is 102 cm³/mol. The quantitative estimate of drug-likeness (QED) is 0.654. The Morgan fingerprint density at radius 1 is 1.36 bits per heavy atom. The molecule has 0 atom stereocenters. The summed E-state index contributed by atoms with van der Waals surface area (Å²) >= 11 is 7.44. The number of aromatic nitrogens is 2. The van der Waals surface area contributed by atoms with Gasteiger partial charge in [-0.3, -0.25) is 4.79 Å². The molecule has 4 rings (SSSR count). The van der Waals surface area contributed by atoms with Crippen LogP contribution in [0.5, 0.6) is 0 Å². The number of aryl methyl sites for hydroxylation is 1. The van der Waals surface area contributed by atoms with Crippen LogP contribution in [0.1, 0.15) is 41.7 Å². The molecule has 3 aromatic rings. The van der Waals surface area contributed by atoms with Crippen molar-refractivity contribution >= 4 is 39.1 Å². The number of nitrogens with zero attached hydrogens (tertiary/aromatic N) is 3. The number of hydrogen-bond acceptors (Lipinski definition) is 3. The van der Waals surface area contributed by atoms with Crippen LogP contribution in [0.25, 0.3) is 10.2 Å². The van der Waals surface area contributed by atoms with Crippen LogP contribution >= 0.6 is 22.9 Å². The molecular formula is C19H20ClN3OS. The first-order chi connectivity index (χ1) is 12.1. The number of halogens is 1. The highest BCUT2D eigenvalue weighted by atomic mass is 35.5. The summed E-state index contributed by atoms with van der Waals surface area (Å²) in [6.45, 7) is 0.642. The van der Waals surface area contributed by atoms with Gasteiger partial charge >= 0.3 is 0 Å². The Kier molecular flexibility index (Phi) is 4.52. The molecule has 2 aromatic heterocycles. The molecule has 1 saturated carbocycles. The lowest BCUT2D eigenvalue weighted by Crippen LogP contribution is -2.38. The van der Waals surface area contributed by atoms with E-state index in [4.69, 9.17) is 11.6 Å². The van der Waals surface area contributed by atoms with Gasteiger partial charge in [0.05, 0.1) is 16.8 Å². The summed E-state index contributed by atoms with van der Waals surface area (Å²) in [5, 5.41) is 0. The Hall–Kier alpha value is -1.85. The van der Waals surface area contributed by atoms with E-state index in [1.54, 1.807) is 0 Å². The molecule has 130 valence electrons. The van der Waals surface area contributed by atoms with Crippen LogP contribution < -0.4 is 0 Å². The van der Waals surface area contributed by atoms with Crippen molar-refractivity contribution in [2.45, 2.75) is 38.3 Å². The van der Waals surface area contributed by atoms with E-state index < -0.39 is 0 Å². The minimum Gasteiger partial charge on any atom is -0.353 e. The largest absolute Gasteiger partial charge is 0.353 e. The SMILES string of the molecule is Cn1cccc1CN(C(=O)c1ccc2sc(Cl)nc2c1)C1CCCC1. The normalized spacial score (nSPS) is 15.1. The number of thiazole rings is 1. The van der Waals surface area contributed by atoms with E-state index >= 15 is 0 Å². The van der Waals surface area contributed by atoms with E-state index in [0.29, 0.717) is 22.6 Å². The first-order valence-electron chi connectivity index (χ1n) is 8.59. The fourth-order valence-electron chi connectivity index (χ4n) is 3.62. The second-order valence-electron chi connectivity index (χ2n) is 6.63. The zero-order valence-electron chi connectivity index (χ0n) is 14.1. The molecule has 1 aromatic carbocycles. The molecule has 0 aliphatic heterocycles. The van der Waals surface area contributed by atoms with Gasteiger partial charge in [0.25, 0.3) is 5.91 Å². The van der Waals surface area contributed by atoms with E-state index in [-0.39, 0.29) is 5.91 Å². The van der Waals surface area contributed by atoms with Crippen molar-refractivity contribution in [2.24, 2.45) is 7.05 Å². The maximum Gasteiger partial charge on any atom is 0.254 e. The monoisotopic (exact) mass is 373 g/mol. The smallest absolute Gasteiger partial charge is 0.254 e. The summed E-state index contributed by atoms with van der Waals surface area (Å²) in [5.41, 5.74) is 2.64. The second-order valence-corrected chi connectivity index (χ2v) is 8.24. The van der Waals surface area contributed by atoms with Crippen LogP contribution in [0, 0.1) is 0 Å². The Labute approximate surface area is 156 Å². The summed E-state index contributed by atoms with van der Waals surface area (Å²) in [4.78, 5) is 19.6. The van der Waals surface area contributed by atoms with Gasteiger partial charge in [-0.2, -0.15) is 0 Å². The van der Waals surface area contributed by atoms with Gasteiger partial charge in [0, 0.05) is 30.5 Å². The average Bonchev–Trinajstić information content (AvgIpc) is 3.32. The number of hydrogen-bond donors (Lipinski definition) is 0. The van der Waals surface area contributed by atoms with Crippen LogP contribution in [0.15, 0.2) is 36.5 Å². The molecule has 0 saturated heterocycles. The minimum atomic E-state index is 0.0825. The molecule has 25 heavy (non-hydrogen) atoms. The molecule has 6 heteroatoms. The van der Waals surface area contributed by atoms with Crippen LogP contribution in [0.2, 0.25) is 4.47 Å². The average molecular weight is 374 g/mol. The molecule has 1 aliphatic rings. The van der Waals surface area contributed by atoms with Gasteiger partial charge in [-0.05, 0) is 43.2 Å². The molecule has 1 amide bonds. The molecule has 0 spiro atoms. The number of fused-ring (bicyclic) bond motifs is 1. The van der Waals surface area contributed by atoms with Crippen LogP contribution in [0.4, 0.5) is 0 Å². The van der Waals surface area contributed by atoms with Gasteiger partial charge in [0.1, 0.15) is 0 Å². The summed E-state index contributed by atoms with van der Waals surface area (Å²) in [6, 6.07) is 10.1. The van der Waals surface area contributed by atoms with Gasteiger partial charge < -0.3 is 9.47 Å². The lowest BCUT2D eigenvalue weighted by Gasteiger charge is -2.29. The van der Waals surface area contributed by atoms with Crippen molar-refractivity contribution in [1.82, 2.24) is 14.5 Å².